The Labute approximate surface area is 280 Å². The van der Waals surface area contributed by atoms with Gasteiger partial charge in [0.15, 0.2) is 0 Å². The Bertz CT molecular complexity index is 1880. The highest BCUT2D eigenvalue weighted by molar-refractivity contribution is 5.82. The molecule has 2 atom stereocenters. The lowest BCUT2D eigenvalue weighted by molar-refractivity contribution is -0.139. The van der Waals surface area contributed by atoms with Crippen LogP contribution in [0.5, 0.6) is 0 Å². The molecular weight excluding hydrogens is 645 g/mol. The second-order valence-corrected chi connectivity index (χ2v) is 12.7. The van der Waals surface area contributed by atoms with E-state index >= 15 is 4.39 Å². The van der Waals surface area contributed by atoms with Crippen molar-refractivity contribution in [2.45, 2.75) is 78.6 Å². The van der Waals surface area contributed by atoms with Crippen LogP contribution in [0.3, 0.4) is 0 Å². The Morgan fingerprint density at radius 1 is 0.959 bits per heavy atom. The van der Waals surface area contributed by atoms with Gasteiger partial charge in [0.05, 0.1) is 18.0 Å². The van der Waals surface area contributed by atoms with E-state index in [4.69, 9.17) is 0 Å². The molecule has 0 saturated heterocycles. The molecule has 0 aliphatic carbocycles. The van der Waals surface area contributed by atoms with Crippen molar-refractivity contribution in [3.8, 4) is 11.1 Å². The number of carbonyl (C=O) groups excluding carboxylic acids is 1. The van der Waals surface area contributed by atoms with E-state index < -0.39 is 59.3 Å². The molecule has 1 amide bonds. The number of carbonyl (C=O) groups is 2. The number of aryl methyl sites for hydroxylation is 5. The highest BCUT2D eigenvalue weighted by atomic mass is 19.4. The molecule has 0 aliphatic heterocycles. The van der Waals surface area contributed by atoms with Gasteiger partial charge in [0.2, 0.25) is 5.91 Å². The number of nitrogens with one attached hydrogen (secondary N) is 1. The zero-order valence-electron chi connectivity index (χ0n) is 27.8. The van der Waals surface area contributed by atoms with Crippen LogP contribution in [0.15, 0.2) is 65.7 Å². The Morgan fingerprint density at radius 3 is 2.20 bits per heavy atom. The van der Waals surface area contributed by atoms with Crippen LogP contribution in [0.1, 0.15) is 77.8 Å². The number of amides is 1. The Hall–Kier alpha value is -4.87. The van der Waals surface area contributed by atoms with E-state index in [1.165, 1.54) is 31.3 Å². The summed E-state index contributed by atoms with van der Waals surface area (Å²) in [7, 11) is 0. The Balaban J connectivity index is 1.79. The van der Waals surface area contributed by atoms with Gasteiger partial charge in [-0.25, -0.2) is 8.78 Å². The van der Waals surface area contributed by atoms with Crippen molar-refractivity contribution < 1.29 is 36.6 Å². The first kappa shape index (κ1) is 37.0. The fourth-order valence-corrected chi connectivity index (χ4v) is 6.14. The first-order valence-corrected chi connectivity index (χ1v) is 15.8. The Kier molecular flexibility index (Phi) is 11.4. The van der Waals surface area contributed by atoms with Crippen molar-refractivity contribution in [3.63, 3.8) is 0 Å². The molecule has 260 valence electrons. The topological polar surface area (TPSA) is 101 Å². The molecule has 4 aromatic rings. The highest BCUT2D eigenvalue weighted by Crippen LogP contribution is 2.35. The zero-order valence-corrected chi connectivity index (χ0v) is 27.8. The first-order chi connectivity index (χ1) is 23.0. The third-order valence-electron chi connectivity index (χ3n) is 8.32. The molecule has 0 saturated carbocycles. The van der Waals surface area contributed by atoms with Crippen molar-refractivity contribution in [1.29, 1.82) is 0 Å². The number of benzene rings is 2. The molecular formula is C37H38F5N3O4. The van der Waals surface area contributed by atoms with Crippen LogP contribution in [0.2, 0.25) is 0 Å². The van der Waals surface area contributed by atoms with Crippen molar-refractivity contribution in [2.24, 2.45) is 5.92 Å². The van der Waals surface area contributed by atoms with Gasteiger partial charge in [-0.1, -0.05) is 19.9 Å². The van der Waals surface area contributed by atoms with Gasteiger partial charge in [-0.15, -0.1) is 0 Å². The number of hydrogen-bond donors (Lipinski definition) is 2. The van der Waals surface area contributed by atoms with Crippen molar-refractivity contribution in [2.75, 3.05) is 0 Å². The minimum Gasteiger partial charge on any atom is -0.481 e. The van der Waals surface area contributed by atoms with Crippen LogP contribution in [-0.4, -0.2) is 26.5 Å². The number of carboxylic acids is 1. The summed E-state index contributed by atoms with van der Waals surface area (Å²) in [6.07, 6.45) is -3.04. The van der Waals surface area contributed by atoms with Crippen LogP contribution in [0.4, 0.5) is 22.0 Å². The summed E-state index contributed by atoms with van der Waals surface area (Å²) < 4.78 is 73.0. The van der Waals surface area contributed by atoms with E-state index in [0.717, 1.165) is 10.8 Å². The number of aromatic nitrogens is 2. The molecule has 49 heavy (non-hydrogen) atoms. The lowest BCUT2D eigenvalue weighted by Crippen LogP contribution is -2.40. The predicted molar refractivity (Wildman–Crippen MR) is 175 cm³/mol. The quantitative estimate of drug-likeness (QED) is 0.148. The average Bonchev–Trinajstić information content (AvgIpc) is 2.99. The SMILES string of the molecule is Cc1cc(-c2c(C)cc(F)cc2C)cc([C@H](CC(=O)O)NC(=O)[C@@H](CC(C)C)n2cc(CCc3ccccn3)c(C(F)(F)F)cc2=O)c1F. The van der Waals surface area contributed by atoms with E-state index in [9.17, 15) is 37.1 Å². The lowest BCUT2D eigenvalue weighted by atomic mass is 9.90. The van der Waals surface area contributed by atoms with Crippen LogP contribution < -0.4 is 10.9 Å². The number of pyridine rings is 2. The normalized spacial score (nSPS) is 13.0. The number of halogens is 5. The maximum absolute atomic E-state index is 15.8. The van der Waals surface area contributed by atoms with Gasteiger partial charge in [-0.2, -0.15) is 13.2 Å². The summed E-state index contributed by atoms with van der Waals surface area (Å²) >= 11 is 0. The third kappa shape index (κ3) is 8.98. The fraction of sp³-hybridized carbons (Fsp3) is 0.351. The zero-order chi connectivity index (χ0) is 36.2. The number of hydrogen-bond acceptors (Lipinski definition) is 4. The molecule has 0 bridgehead atoms. The van der Waals surface area contributed by atoms with E-state index in [0.29, 0.717) is 34.0 Å². The van der Waals surface area contributed by atoms with Crippen LogP contribution >= 0.6 is 0 Å². The van der Waals surface area contributed by atoms with Crippen LogP contribution in [0.25, 0.3) is 11.1 Å². The number of carboxylic acid groups (broad SMARTS) is 1. The number of alkyl halides is 3. The maximum atomic E-state index is 15.8. The van der Waals surface area contributed by atoms with Gasteiger partial charge in [0.25, 0.3) is 5.56 Å². The van der Waals surface area contributed by atoms with E-state index in [1.54, 1.807) is 52.0 Å². The predicted octanol–water partition coefficient (Wildman–Crippen LogP) is 7.84. The summed E-state index contributed by atoms with van der Waals surface area (Å²) in [5.74, 6) is -3.67. The van der Waals surface area contributed by atoms with Crippen LogP contribution in [-0.2, 0) is 28.6 Å². The number of nitrogens with zero attached hydrogens (tertiary/aromatic N) is 2. The van der Waals surface area contributed by atoms with Gasteiger partial charge in [-0.05, 0) is 116 Å². The lowest BCUT2D eigenvalue weighted by Gasteiger charge is -2.27. The maximum Gasteiger partial charge on any atom is 0.416 e. The molecule has 0 fully saturated rings. The highest BCUT2D eigenvalue weighted by Gasteiger charge is 2.36. The first-order valence-electron chi connectivity index (χ1n) is 15.8. The summed E-state index contributed by atoms with van der Waals surface area (Å²) in [6, 6.07) is 8.31. The smallest absolute Gasteiger partial charge is 0.416 e. The van der Waals surface area contributed by atoms with E-state index in [1.807, 2.05) is 0 Å². The molecule has 7 nitrogen and oxygen atoms in total. The largest absolute Gasteiger partial charge is 0.481 e. The van der Waals surface area contributed by atoms with E-state index in [2.05, 4.69) is 10.3 Å². The van der Waals surface area contributed by atoms with Gasteiger partial charge < -0.3 is 15.0 Å². The molecule has 2 heterocycles. The second kappa shape index (κ2) is 15.1. The molecule has 2 aromatic carbocycles. The van der Waals surface area contributed by atoms with E-state index in [-0.39, 0.29) is 41.9 Å². The Morgan fingerprint density at radius 2 is 1.63 bits per heavy atom. The molecule has 2 aromatic heterocycles. The van der Waals surface area contributed by atoms with Gasteiger partial charge >= 0.3 is 12.1 Å². The fourth-order valence-electron chi connectivity index (χ4n) is 6.14. The van der Waals surface area contributed by atoms with Crippen molar-refractivity contribution in [1.82, 2.24) is 14.9 Å². The minimum atomic E-state index is -4.85. The van der Waals surface area contributed by atoms with Crippen molar-refractivity contribution >= 4 is 11.9 Å². The standard InChI is InChI=1S/C37H38F5N3O4/c1-20(2)12-31(45-19-24(9-10-27-8-6-7-11-43-27)29(17-32(45)46)37(40,41)42)36(49)44-30(18-33(47)48)28-16-25(13-23(5)35(28)39)34-21(3)14-26(38)15-22(34)4/h6-8,11,13-17,19-20,30-31H,9-10,12,18H2,1-5H3,(H,44,49)(H,47,48)/t30-,31+/m0/s1. The summed E-state index contributed by atoms with van der Waals surface area (Å²) in [4.78, 5) is 43.4. The monoisotopic (exact) mass is 683 g/mol. The van der Waals surface area contributed by atoms with Gasteiger partial charge in [-0.3, -0.25) is 19.4 Å². The molecule has 0 spiro atoms. The van der Waals surface area contributed by atoms with Gasteiger partial charge in [0, 0.05) is 29.7 Å². The molecule has 2 N–H and O–H groups in total. The summed E-state index contributed by atoms with van der Waals surface area (Å²) in [5, 5.41) is 12.4. The summed E-state index contributed by atoms with van der Waals surface area (Å²) in [5.41, 5.74) is 0.323. The number of aliphatic carboxylic acids is 1. The molecule has 4 rings (SSSR count). The second-order valence-electron chi connectivity index (χ2n) is 12.7. The molecule has 0 aliphatic rings. The summed E-state index contributed by atoms with van der Waals surface area (Å²) in [6.45, 7) is 8.36. The molecule has 0 radical (unpaired) electrons. The molecule has 12 heteroatoms. The van der Waals surface area contributed by atoms with Crippen molar-refractivity contribution in [3.05, 3.63) is 122 Å². The minimum absolute atomic E-state index is 0.00605. The third-order valence-corrected chi connectivity index (χ3v) is 8.32. The average molecular weight is 684 g/mol. The van der Waals surface area contributed by atoms with Gasteiger partial charge in [0.1, 0.15) is 17.7 Å². The molecule has 0 unspecified atom stereocenters. The number of rotatable bonds is 12. The van der Waals surface area contributed by atoms with Crippen LogP contribution in [0, 0.1) is 38.3 Å².